The third kappa shape index (κ3) is 4.68. The van der Waals surface area contributed by atoms with Crippen LogP contribution in [0.3, 0.4) is 0 Å². The lowest BCUT2D eigenvalue weighted by molar-refractivity contribution is -0.142. The van der Waals surface area contributed by atoms with Crippen LogP contribution in [-0.4, -0.2) is 60.3 Å². The summed E-state index contributed by atoms with van der Waals surface area (Å²) in [5, 5.41) is 25.0. The van der Waals surface area contributed by atoms with Crippen LogP contribution in [0.1, 0.15) is 16.8 Å². The summed E-state index contributed by atoms with van der Waals surface area (Å²) in [5.41, 5.74) is -1.08. The van der Waals surface area contributed by atoms with Gasteiger partial charge in [0.05, 0.1) is 31.2 Å². The minimum Gasteiger partial charge on any atom is -0.491 e. The number of aromatic carboxylic acids is 1. The molecule has 2 aromatic rings. The lowest BCUT2D eigenvalue weighted by Crippen LogP contribution is -2.64. The summed E-state index contributed by atoms with van der Waals surface area (Å²) >= 11 is 6.06. The zero-order chi connectivity index (χ0) is 24.4. The summed E-state index contributed by atoms with van der Waals surface area (Å²) < 4.78 is 34.5. The maximum absolute atomic E-state index is 14.9. The van der Waals surface area contributed by atoms with E-state index in [-0.39, 0.29) is 59.0 Å². The molecular formula is C23H21ClF2N4O4. The fourth-order valence-electron chi connectivity index (χ4n) is 4.29. The number of nitrogens with one attached hydrogen (secondary N) is 2. The van der Waals surface area contributed by atoms with E-state index in [2.05, 4.69) is 16.7 Å². The van der Waals surface area contributed by atoms with Crippen molar-refractivity contribution in [2.24, 2.45) is 5.92 Å². The number of halogens is 3. The van der Waals surface area contributed by atoms with Crippen molar-refractivity contribution in [3.8, 4) is 22.9 Å². The standard InChI is InChI=1S/C23H21ClF2N4O4/c24-12-1-4-19(15(7-12)14-2-3-17(25)20(21(14)26)23(32)33)34-6-5-30-11-29-18-10-28-13(9-27)8-16(18)22(30)31/h1-4,7,13,16,18,28-29H,5-6,8,10-11H2,(H,32,33). The maximum Gasteiger partial charge on any atom is 0.341 e. The highest BCUT2D eigenvalue weighted by molar-refractivity contribution is 6.31. The van der Waals surface area contributed by atoms with Crippen molar-refractivity contribution in [2.75, 3.05) is 26.4 Å². The highest BCUT2D eigenvalue weighted by Crippen LogP contribution is 2.36. The zero-order valence-corrected chi connectivity index (χ0v) is 18.6. The second-order valence-corrected chi connectivity index (χ2v) is 8.52. The molecule has 0 spiro atoms. The van der Waals surface area contributed by atoms with Crippen LogP contribution in [0.5, 0.6) is 5.75 Å². The Hall–Kier alpha value is -3.26. The molecule has 3 atom stereocenters. The van der Waals surface area contributed by atoms with Gasteiger partial charge in [0.2, 0.25) is 5.91 Å². The molecule has 4 rings (SSSR count). The second kappa shape index (κ2) is 9.93. The average Bonchev–Trinajstić information content (AvgIpc) is 2.81. The number of hydrogen-bond acceptors (Lipinski definition) is 6. The molecule has 0 aliphatic carbocycles. The van der Waals surface area contributed by atoms with Crippen LogP contribution in [0.2, 0.25) is 5.02 Å². The molecule has 3 N–H and O–H groups in total. The lowest BCUT2D eigenvalue weighted by Gasteiger charge is -2.42. The topological polar surface area (TPSA) is 115 Å². The SMILES string of the molecule is N#CC1CC2C(=O)N(CCOc3ccc(Cl)cc3-c3ccc(F)c(C(=O)O)c3F)CNC2CN1. The number of carbonyl (C=O) groups is 2. The Bertz CT molecular complexity index is 1170. The fraction of sp³-hybridized carbons (Fsp3) is 0.348. The van der Waals surface area contributed by atoms with Crippen molar-refractivity contribution in [3.63, 3.8) is 0 Å². The van der Waals surface area contributed by atoms with Crippen molar-refractivity contribution in [1.29, 1.82) is 5.26 Å². The Morgan fingerprint density at radius 3 is 2.79 bits per heavy atom. The highest BCUT2D eigenvalue weighted by atomic mass is 35.5. The summed E-state index contributed by atoms with van der Waals surface area (Å²) in [4.78, 5) is 25.8. The predicted octanol–water partition coefficient (Wildman–Crippen LogP) is 2.62. The van der Waals surface area contributed by atoms with Gasteiger partial charge in [0.15, 0.2) is 0 Å². The first-order valence-corrected chi connectivity index (χ1v) is 11.0. The van der Waals surface area contributed by atoms with Crippen molar-refractivity contribution in [2.45, 2.75) is 18.5 Å². The fourth-order valence-corrected chi connectivity index (χ4v) is 4.46. The van der Waals surface area contributed by atoms with Gasteiger partial charge in [-0.3, -0.25) is 10.1 Å². The van der Waals surface area contributed by atoms with Crippen LogP contribution in [0.4, 0.5) is 8.78 Å². The first-order chi connectivity index (χ1) is 16.3. The van der Waals surface area contributed by atoms with Gasteiger partial charge < -0.3 is 20.1 Å². The predicted molar refractivity (Wildman–Crippen MR) is 118 cm³/mol. The van der Waals surface area contributed by atoms with E-state index in [1.807, 2.05) is 0 Å². The number of nitriles is 1. The molecule has 2 fully saturated rings. The number of nitrogens with zero attached hydrogens (tertiary/aromatic N) is 2. The molecule has 2 heterocycles. The molecule has 0 saturated carbocycles. The molecule has 3 unspecified atom stereocenters. The molecule has 8 nitrogen and oxygen atoms in total. The average molecular weight is 491 g/mol. The maximum atomic E-state index is 14.9. The van der Waals surface area contributed by atoms with Crippen molar-refractivity contribution in [1.82, 2.24) is 15.5 Å². The van der Waals surface area contributed by atoms with Crippen LogP contribution >= 0.6 is 11.6 Å². The van der Waals surface area contributed by atoms with E-state index in [9.17, 15) is 18.4 Å². The van der Waals surface area contributed by atoms with Crippen molar-refractivity contribution in [3.05, 3.63) is 52.6 Å². The van der Waals surface area contributed by atoms with Crippen LogP contribution in [0.15, 0.2) is 30.3 Å². The third-order valence-corrected chi connectivity index (χ3v) is 6.28. The molecular weight excluding hydrogens is 470 g/mol. The van der Waals surface area contributed by atoms with Gasteiger partial charge in [-0.2, -0.15) is 5.26 Å². The van der Waals surface area contributed by atoms with Gasteiger partial charge in [0.25, 0.3) is 0 Å². The number of carbonyl (C=O) groups excluding carboxylic acids is 1. The van der Waals surface area contributed by atoms with Gasteiger partial charge in [-0.15, -0.1) is 0 Å². The Balaban J connectivity index is 1.49. The number of rotatable bonds is 6. The van der Waals surface area contributed by atoms with Gasteiger partial charge in [-0.25, -0.2) is 13.6 Å². The van der Waals surface area contributed by atoms with Crippen LogP contribution in [0, 0.1) is 28.9 Å². The number of piperidine rings is 1. The van der Waals surface area contributed by atoms with E-state index in [1.54, 1.807) is 4.90 Å². The lowest BCUT2D eigenvalue weighted by atomic mass is 9.86. The zero-order valence-electron chi connectivity index (χ0n) is 17.9. The van der Waals surface area contributed by atoms with Gasteiger partial charge >= 0.3 is 5.97 Å². The molecule has 2 saturated heterocycles. The first-order valence-electron chi connectivity index (χ1n) is 10.6. The minimum absolute atomic E-state index is 0.0398. The molecule has 2 aromatic carbocycles. The van der Waals surface area contributed by atoms with Crippen LogP contribution in [-0.2, 0) is 4.79 Å². The number of hydrogen-bond donors (Lipinski definition) is 3. The van der Waals surface area contributed by atoms with Crippen molar-refractivity contribution >= 4 is 23.5 Å². The quantitative estimate of drug-likeness (QED) is 0.570. The minimum atomic E-state index is -1.73. The Labute approximate surface area is 199 Å². The second-order valence-electron chi connectivity index (χ2n) is 8.08. The third-order valence-electron chi connectivity index (χ3n) is 6.04. The molecule has 2 aliphatic rings. The summed E-state index contributed by atoms with van der Waals surface area (Å²) in [7, 11) is 0. The largest absolute Gasteiger partial charge is 0.491 e. The smallest absolute Gasteiger partial charge is 0.341 e. The molecule has 0 aromatic heterocycles. The van der Waals surface area contributed by atoms with Gasteiger partial charge in [0.1, 0.15) is 29.6 Å². The first kappa shape index (κ1) is 23.9. The van der Waals surface area contributed by atoms with E-state index in [0.717, 1.165) is 12.1 Å². The number of benzene rings is 2. The normalized spacial score (nSPS) is 22.1. The van der Waals surface area contributed by atoms with E-state index in [4.69, 9.17) is 26.7 Å². The van der Waals surface area contributed by atoms with Crippen LogP contribution < -0.4 is 15.4 Å². The number of ether oxygens (including phenoxy) is 1. The molecule has 0 radical (unpaired) electrons. The molecule has 11 heteroatoms. The monoisotopic (exact) mass is 490 g/mol. The van der Waals surface area contributed by atoms with E-state index >= 15 is 0 Å². The van der Waals surface area contributed by atoms with E-state index in [1.165, 1.54) is 18.2 Å². The van der Waals surface area contributed by atoms with Gasteiger partial charge in [-0.1, -0.05) is 11.6 Å². The Kier molecular flexibility index (Phi) is 6.97. The van der Waals surface area contributed by atoms with E-state index in [0.29, 0.717) is 19.6 Å². The van der Waals surface area contributed by atoms with E-state index < -0.39 is 23.2 Å². The number of carboxylic acid groups (broad SMARTS) is 1. The Morgan fingerprint density at radius 2 is 2.06 bits per heavy atom. The highest BCUT2D eigenvalue weighted by Gasteiger charge is 2.40. The number of fused-ring (bicyclic) bond motifs is 1. The Morgan fingerprint density at radius 1 is 1.26 bits per heavy atom. The molecule has 1 amide bonds. The number of amides is 1. The molecule has 178 valence electrons. The van der Waals surface area contributed by atoms with Gasteiger partial charge in [0, 0.05) is 28.7 Å². The summed E-state index contributed by atoms with van der Waals surface area (Å²) in [5.74, 6) is -4.34. The number of carboxylic acids is 1. The molecule has 2 aliphatic heterocycles. The summed E-state index contributed by atoms with van der Waals surface area (Å²) in [6.45, 7) is 1.15. The molecule has 0 bridgehead atoms. The van der Waals surface area contributed by atoms with Gasteiger partial charge in [-0.05, 0) is 36.8 Å². The molecule has 34 heavy (non-hydrogen) atoms. The summed E-state index contributed by atoms with van der Waals surface area (Å²) in [6.07, 6.45) is 0.418. The van der Waals surface area contributed by atoms with Crippen molar-refractivity contribution < 1.29 is 28.2 Å². The summed E-state index contributed by atoms with van der Waals surface area (Å²) in [6, 6.07) is 8.14. The van der Waals surface area contributed by atoms with Crippen LogP contribution in [0.25, 0.3) is 11.1 Å².